The van der Waals surface area contributed by atoms with Gasteiger partial charge in [-0.1, -0.05) is 20.3 Å². The first-order chi connectivity index (χ1) is 15.9. The lowest BCUT2D eigenvalue weighted by molar-refractivity contribution is -0.137. The van der Waals surface area contributed by atoms with Crippen LogP contribution in [0.1, 0.15) is 38.7 Å². The maximum absolute atomic E-state index is 13.5. The lowest BCUT2D eigenvalue weighted by Crippen LogP contribution is -2.12. The van der Waals surface area contributed by atoms with E-state index in [0.29, 0.717) is 36.1 Å². The molecule has 0 bridgehead atoms. The van der Waals surface area contributed by atoms with Gasteiger partial charge in [0.1, 0.15) is 22.9 Å². The van der Waals surface area contributed by atoms with Crippen LogP contribution in [-0.2, 0) is 6.18 Å². The van der Waals surface area contributed by atoms with E-state index >= 15 is 0 Å². The molecule has 33 heavy (non-hydrogen) atoms. The minimum absolute atomic E-state index is 0.0345. The molecular formula is C24H27F3N4O2. The Morgan fingerprint density at radius 1 is 0.788 bits per heavy atom. The van der Waals surface area contributed by atoms with Gasteiger partial charge in [0.25, 0.3) is 0 Å². The van der Waals surface area contributed by atoms with Gasteiger partial charge in [-0.2, -0.15) is 18.2 Å². The van der Waals surface area contributed by atoms with E-state index < -0.39 is 11.7 Å². The van der Waals surface area contributed by atoms with Crippen LogP contribution >= 0.6 is 0 Å². The number of rotatable bonds is 11. The number of nitrogens with zero attached hydrogens (tertiary/aromatic N) is 2. The predicted octanol–water partition coefficient (Wildman–Crippen LogP) is 6.95. The maximum atomic E-state index is 13.5. The van der Waals surface area contributed by atoms with Crippen LogP contribution in [0.3, 0.4) is 0 Å². The van der Waals surface area contributed by atoms with Crippen molar-refractivity contribution in [2.45, 2.75) is 39.3 Å². The van der Waals surface area contributed by atoms with Crippen LogP contribution < -0.4 is 20.1 Å². The minimum atomic E-state index is -4.61. The highest BCUT2D eigenvalue weighted by Gasteiger charge is 2.35. The standard InChI is InChI=1S/C24H27F3N4O2/c1-3-5-15-33-20-10-6-17(7-11-20)29-22-21(24(25,26)27)16-28-23(31-22)30-18-8-12-19(13-9-18)32-14-4-2/h6-13,16H,3-5,14-15H2,1-2H3,(H2,28,29,30,31). The average Bonchev–Trinajstić information content (AvgIpc) is 2.79. The molecule has 176 valence electrons. The third kappa shape index (κ3) is 7.27. The molecule has 0 aliphatic heterocycles. The fourth-order valence-corrected chi connectivity index (χ4v) is 2.83. The molecule has 1 heterocycles. The molecular weight excluding hydrogens is 433 g/mol. The zero-order valence-corrected chi connectivity index (χ0v) is 18.6. The molecule has 0 amide bonds. The van der Waals surface area contributed by atoms with Gasteiger partial charge < -0.3 is 20.1 Å². The molecule has 0 saturated carbocycles. The first-order valence-corrected chi connectivity index (χ1v) is 10.8. The van der Waals surface area contributed by atoms with E-state index in [2.05, 4.69) is 27.5 Å². The predicted molar refractivity (Wildman–Crippen MR) is 123 cm³/mol. The van der Waals surface area contributed by atoms with Gasteiger partial charge in [-0.05, 0) is 61.4 Å². The fraction of sp³-hybridized carbons (Fsp3) is 0.333. The van der Waals surface area contributed by atoms with E-state index in [0.717, 1.165) is 25.5 Å². The van der Waals surface area contributed by atoms with Gasteiger partial charge in [0.2, 0.25) is 5.95 Å². The van der Waals surface area contributed by atoms with E-state index in [1.165, 1.54) is 0 Å². The summed E-state index contributed by atoms with van der Waals surface area (Å²) in [6, 6.07) is 13.7. The second kappa shape index (κ2) is 11.4. The summed E-state index contributed by atoms with van der Waals surface area (Å²) in [7, 11) is 0. The summed E-state index contributed by atoms with van der Waals surface area (Å²) >= 11 is 0. The Hall–Kier alpha value is -3.49. The first kappa shape index (κ1) is 24.2. The third-order valence-corrected chi connectivity index (χ3v) is 4.56. The molecule has 1 aromatic heterocycles. The minimum Gasteiger partial charge on any atom is -0.494 e. The van der Waals surface area contributed by atoms with Crippen LogP contribution in [0, 0.1) is 0 Å². The molecule has 0 spiro atoms. The van der Waals surface area contributed by atoms with Crippen molar-refractivity contribution in [2.75, 3.05) is 23.8 Å². The van der Waals surface area contributed by atoms with Crippen LogP contribution in [0.2, 0.25) is 0 Å². The molecule has 3 rings (SSSR count). The Morgan fingerprint density at radius 2 is 1.36 bits per heavy atom. The second-order valence-electron chi connectivity index (χ2n) is 7.30. The number of nitrogens with one attached hydrogen (secondary N) is 2. The zero-order chi connectivity index (χ0) is 23.7. The van der Waals surface area contributed by atoms with Gasteiger partial charge in [-0.15, -0.1) is 0 Å². The van der Waals surface area contributed by atoms with E-state index in [1.807, 2.05) is 6.92 Å². The topological polar surface area (TPSA) is 68.3 Å². The van der Waals surface area contributed by atoms with Gasteiger partial charge in [0.15, 0.2) is 0 Å². The summed E-state index contributed by atoms with van der Waals surface area (Å²) in [6.45, 7) is 5.28. The summed E-state index contributed by atoms with van der Waals surface area (Å²) < 4.78 is 51.7. The Labute approximate surface area is 191 Å². The monoisotopic (exact) mass is 460 g/mol. The Kier molecular flexibility index (Phi) is 8.34. The molecule has 9 heteroatoms. The van der Waals surface area contributed by atoms with Crippen LogP contribution in [0.5, 0.6) is 11.5 Å². The molecule has 0 aliphatic rings. The Morgan fingerprint density at radius 3 is 1.91 bits per heavy atom. The SMILES string of the molecule is CCCCOc1ccc(Nc2nc(Nc3ccc(OCCC)cc3)ncc2C(F)(F)F)cc1. The van der Waals surface area contributed by atoms with Crippen molar-refractivity contribution >= 4 is 23.1 Å². The number of unbranched alkanes of at least 4 members (excludes halogenated alkanes) is 1. The summed E-state index contributed by atoms with van der Waals surface area (Å²) in [5, 5.41) is 5.67. The third-order valence-electron chi connectivity index (χ3n) is 4.56. The highest BCUT2D eigenvalue weighted by atomic mass is 19.4. The molecule has 0 atom stereocenters. The number of halogens is 3. The summed E-state index contributed by atoms with van der Waals surface area (Å²) in [6.07, 6.45) is -1.01. The number of benzene rings is 2. The number of hydrogen-bond acceptors (Lipinski definition) is 6. The Balaban J connectivity index is 1.76. The van der Waals surface area contributed by atoms with E-state index in [1.54, 1.807) is 48.5 Å². The van der Waals surface area contributed by atoms with Gasteiger partial charge in [0.05, 0.1) is 13.2 Å². The van der Waals surface area contributed by atoms with Crippen LogP contribution in [0.15, 0.2) is 54.7 Å². The second-order valence-corrected chi connectivity index (χ2v) is 7.30. The van der Waals surface area contributed by atoms with Crippen molar-refractivity contribution in [3.63, 3.8) is 0 Å². The molecule has 0 fully saturated rings. The van der Waals surface area contributed by atoms with Crippen LogP contribution in [0.25, 0.3) is 0 Å². The van der Waals surface area contributed by atoms with Gasteiger partial charge in [0, 0.05) is 17.6 Å². The van der Waals surface area contributed by atoms with Crippen molar-refractivity contribution in [1.82, 2.24) is 9.97 Å². The average molecular weight is 461 g/mol. The normalized spacial score (nSPS) is 11.2. The Bertz CT molecular complexity index is 1010. The largest absolute Gasteiger partial charge is 0.494 e. The van der Waals surface area contributed by atoms with Crippen molar-refractivity contribution in [2.24, 2.45) is 0 Å². The molecule has 0 radical (unpaired) electrons. The van der Waals surface area contributed by atoms with E-state index in [9.17, 15) is 13.2 Å². The van der Waals surface area contributed by atoms with E-state index in [-0.39, 0.29) is 11.8 Å². The number of hydrogen-bond donors (Lipinski definition) is 2. The van der Waals surface area contributed by atoms with E-state index in [4.69, 9.17) is 9.47 Å². The van der Waals surface area contributed by atoms with Crippen molar-refractivity contribution in [3.05, 3.63) is 60.3 Å². The summed E-state index contributed by atoms with van der Waals surface area (Å²) in [5.41, 5.74) is 0.114. The molecule has 0 aliphatic carbocycles. The first-order valence-electron chi connectivity index (χ1n) is 10.8. The van der Waals surface area contributed by atoms with Crippen molar-refractivity contribution in [1.29, 1.82) is 0 Å². The number of aromatic nitrogens is 2. The zero-order valence-electron chi connectivity index (χ0n) is 18.6. The van der Waals surface area contributed by atoms with Crippen molar-refractivity contribution in [3.8, 4) is 11.5 Å². The number of ether oxygens (including phenoxy) is 2. The van der Waals surface area contributed by atoms with Gasteiger partial charge >= 0.3 is 6.18 Å². The number of alkyl halides is 3. The molecule has 2 N–H and O–H groups in total. The maximum Gasteiger partial charge on any atom is 0.421 e. The highest BCUT2D eigenvalue weighted by molar-refractivity contribution is 5.63. The summed E-state index contributed by atoms with van der Waals surface area (Å²) in [5.74, 6) is 1.05. The fourth-order valence-electron chi connectivity index (χ4n) is 2.83. The van der Waals surface area contributed by atoms with Crippen LogP contribution in [-0.4, -0.2) is 23.2 Å². The highest BCUT2D eigenvalue weighted by Crippen LogP contribution is 2.35. The molecule has 0 saturated heterocycles. The molecule has 6 nitrogen and oxygen atoms in total. The van der Waals surface area contributed by atoms with Gasteiger partial charge in [-0.3, -0.25) is 0 Å². The van der Waals surface area contributed by atoms with Gasteiger partial charge in [-0.25, -0.2) is 4.98 Å². The lowest BCUT2D eigenvalue weighted by Gasteiger charge is -2.15. The van der Waals surface area contributed by atoms with Crippen molar-refractivity contribution < 1.29 is 22.6 Å². The van der Waals surface area contributed by atoms with Crippen LogP contribution in [0.4, 0.5) is 36.3 Å². The molecule has 2 aromatic carbocycles. The number of anilines is 4. The molecule has 3 aromatic rings. The summed E-state index contributed by atoms with van der Waals surface area (Å²) in [4.78, 5) is 7.91. The quantitative estimate of drug-likeness (QED) is 0.302. The smallest absolute Gasteiger partial charge is 0.421 e. The molecule has 0 unspecified atom stereocenters. The lowest BCUT2D eigenvalue weighted by atomic mass is 10.2.